The van der Waals surface area contributed by atoms with Gasteiger partial charge < -0.3 is 14.8 Å². The highest BCUT2D eigenvalue weighted by Gasteiger charge is 2.32. The van der Waals surface area contributed by atoms with Gasteiger partial charge in [0.25, 0.3) is 0 Å². The van der Waals surface area contributed by atoms with Crippen LogP contribution in [0, 0.1) is 6.92 Å². The predicted molar refractivity (Wildman–Crippen MR) is 76.1 cm³/mol. The third-order valence-corrected chi connectivity index (χ3v) is 3.80. The Kier molecular flexibility index (Phi) is 3.80. The van der Waals surface area contributed by atoms with E-state index < -0.39 is 11.4 Å². The minimum absolute atomic E-state index is 0.129. The van der Waals surface area contributed by atoms with Gasteiger partial charge in [-0.1, -0.05) is 0 Å². The molecule has 0 bridgehead atoms. The molecule has 20 heavy (non-hydrogen) atoms. The van der Waals surface area contributed by atoms with E-state index in [1.807, 2.05) is 13.8 Å². The third-order valence-electron chi connectivity index (χ3n) is 3.03. The molecular weight excluding hydrogens is 278 g/mol. The second kappa shape index (κ2) is 5.24. The van der Waals surface area contributed by atoms with Crippen molar-refractivity contribution in [2.45, 2.75) is 39.2 Å². The maximum atomic E-state index is 11.2. The molecule has 0 saturated heterocycles. The van der Waals surface area contributed by atoms with Gasteiger partial charge in [-0.05, 0) is 27.7 Å². The molecule has 0 spiro atoms. The van der Waals surface area contributed by atoms with E-state index in [9.17, 15) is 9.90 Å². The molecule has 0 aliphatic rings. The smallest absolute Gasteiger partial charge is 0.315 e. The molecule has 2 N–H and O–H groups in total. The summed E-state index contributed by atoms with van der Waals surface area (Å²) in [7, 11) is 0. The number of aliphatic carboxylic acids is 1. The van der Waals surface area contributed by atoms with Crippen molar-refractivity contribution in [3.05, 3.63) is 28.9 Å². The number of aromatic nitrogens is 2. The molecule has 0 amide bonds. The van der Waals surface area contributed by atoms with Gasteiger partial charge in [-0.3, -0.25) is 4.79 Å². The standard InChI is InChI=1S/C13H17N3O3S/c1-7-5-14-10(19-7)8(2)15-12-16-9(6-20-12)13(3,4)11(17)18/h5-6,8H,1-4H3,(H,15,16)(H,17,18). The van der Waals surface area contributed by atoms with Crippen LogP contribution in [0.3, 0.4) is 0 Å². The van der Waals surface area contributed by atoms with E-state index in [1.54, 1.807) is 25.4 Å². The molecule has 0 fully saturated rings. The van der Waals surface area contributed by atoms with Crippen LogP contribution in [0.5, 0.6) is 0 Å². The molecule has 2 rings (SSSR count). The van der Waals surface area contributed by atoms with Crippen molar-refractivity contribution in [2.75, 3.05) is 5.32 Å². The molecule has 2 aromatic rings. The van der Waals surface area contributed by atoms with Gasteiger partial charge in [0.1, 0.15) is 17.2 Å². The molecular formula is C13H17N3O3S. The first-order valence-corrected chi connectivity index (χ1v) is 7.07. The summed E-state index contributed by atoms with van der Waals surface area (Å²) in [6, 6.07) is -0.129. The number of carboxylic acid groups (broad SMARTS) is 1. The first-order valence-electron chi connectivity index (χ1n) is 6.19. The Hall–Kier alpha value is -1.89. The number of carbonyl (C=O) groups is 1. The summed E-state index contributed by atoms with van der Waals surface area (Å²) >= 11 is 1.37. The molecule has 2 heterocycles. The number of nitrogens with zero attached hydrogens (tertiary/aromatic N) is 2. The quantitative estimate of drug-likeness (QED) is 0.881. The van der Waals surface area contributed by atoms with Gasteiger partial charge in [-0.2, -0.15) is 0 Å². The average molecular weight is 295 g/mol. The molecule has 0 saturated carbocycles. The maximum Gasteiger partial charge on any atom is 0.315 e. The van der Waals surface area contributed by atoms with Gasteiger partial charge in [0.15, 0.2) is 5.13 Å². The highest BCUT2D eigenvalue weighted by atomic mass is 32.1. The Labute approximate surface area is 120 Å². The number of rotatable bonds is 5. The van der Waals surface area contributed by atoms with Crippen molar-refractivity contribution < 1.29 is 14.3 Å². The lowest BCUT2D eigenvalue weighted by Crippen LogP contribution is -2.28. The van der Waals surface area contributed by atoms with Crippen LogP contribution in [0.4, 0.5) is 5.13 Å². The zero-order valence-corrected chi connectivity index (χ0v) is 12.6. The highest BCUT2D eigenvalue weighted by molar-refractivity contribution is 7.13. The van der Waals surface area contributed by atoms with E-state index in [-0.39, 0.29) is 6.04 Å². The van der Waals surface area contributed by atoms with Crippen LogP contribution in [0.1, 0.15) is 44.2 Å². The fraction of sp³-hybridized carbons (Fsp3) is 0.462. The van der Waals surface area contributed by atoms with E-state index in [1.165, 1.54) is 11.3 Å². The predicted octanol–water partition coefficient (Wildman–Crippen LogP) is 2.97. The number of hydrogen-bond donors (Lipinski definition) is 2. The minimum atomic E-state index is -1.00. The van der Waals surface area contributed by atoms with Crippen molar-refractivity contribution in [3.63, 3.8) is 0 Å². The molecule has 0 aromatic carbocycles. The molecule has 108 valence electrons. The molecule has 7 heteroatoms. The number of carboxylic acids is 1. The minimum Gasteiger partial charge on any atom is -0.481 e. The second-order valence-corrected chi connectivity index (χ2v) is 6.00. The van der Waals surface area contributed by atoms with Crippen molar-refractivity contribution in [1.29, 1.82) is 0 Å². The summed E-state index contributed by atoms with van der Waals surface area (Å²) in [5.41, 5.74) is -0.465. The van der Waals surface area contributed by atoms with Crippen LogP contribution in [-0.4, -0.2) is 21.0 Å². The normalized spacial score (nSPS) is 13.2. The Bertz CT molecular complexity index is 618. The van der Waals surface area contributed by atoms with Gasteiger partial charge >= 0.3 is 5.97 Å². The van der Waals surface area contributed by atoms with Crippen LogP contribution in [-0.2, 0) is 10.2 Å². The van der Waals surface area contributed by atoms with Crippen molar-refractivity contribution in [1.82, 2.24) is 9.97 Å². The molecule has 0 radical (unpaired) electrons. The van der Waals surface area contributed by atoms with Crippen molar-refractivity contribution in [3.8, 4) is 0 Å². The van der Waals surface area contributed by atoms with E-state index in [4.69, 9.17) is 4.42 Å². The SMILES string of the molecule is Cc1cnc(C(C)Nc2nc(C(C)(C)C(=O)O)cs2)o1. The van der Waals surface area contributed by atoms with Gasteiger partial charge in [-0.25, -0.2) is 9.97 Å². The fourth-order valence-electron chi connectivity index (χ4n) is 1.56. The van der Waals surface area contributed by atoms with Gasteiger partial charge in [0.2, 0.25) is 5.89 Å². The van der Waals surface area contributed by atoms with E-state index >= 15 is 0 Å². The Balaban J connectivity index is 2.12. The van der Waals surface area contributed by atoms with Gasteiger partial charge in [0, 0.05) is 5.38 Å². The van der Waals surface area contributed by atoms with Crippen LogP contribution in [0.15, 0.2) is 16.0 Å². The summed E-state index contributed by atoms with van der Waals surface area (Å²) in [6.07, 6.45) is 1.66. The summed E-state index contributed by atoms with van der Waals surface area (Å²) < 4.78 is 5.44. The fourth-order valence-corrected chi connectivity index (χ4v) is 2.52. The third kappa shape index (κ3) is 2.82. The Morgan fingerprint density at radius 2 is 2.25 bits per heavy atom. The first-order chi connectivity index (χ1) is 9.30. The summed E-state index contributed by atoms with van der Waals surface area (Å²) in [4.78, 5) is 19.7. The zero-order valence-electron chi connectivity index (χ0n) is 11.8. The molecule has 2 aromatic heterocycles. The zero-order chi connectivity index (χ0) is 14.9. The number of anilines is 1. The van der Waals surface area contributed by atoms with Crippen LogP contribution >= 0.6 is 11.3 Å². The summed E-state index contributed by atoms with van der Waals surface area (Å²) in [5, 5.41) is 14.8. The largest absolute Gasteiger partial charge is 0.481 e. The first kappa shape index (κ1) is 14.5. The number of nitrogens with one attached hydrogen (secondary N) is 1. The number of hydrogen-bond acceptors (Lipinski definition) is 6. The summed E-state index contributed by atoms with van der Waals surface area (Å²) in [5.74, 6) is 0.433. The molecule has 0 aliphatic heterocycles. The van der Waals surface area contributed by atoms with Crippen molar-refractivity contribution in [2.24, 2.45) is 0 Å². The Morgan fingerprint density at radius 3 is 2.80 bits per heavy atom. The summed E-state index contributed by atoms with van der Waals surface area (Å²) in [6.45, 7) is 7.01. The second-order valence-electron chi connectivity index (χ2n) is 5.14. The number of thiazole rings is 1. The van der Waals surface area contributed by atoms with Crippen LogP contribution in [0.25, 0.3) is 0 Å². The van der Waals surface area contributed by atoms with Gasteiger partial charge in [0.05, 0.1) is 11.9 Å². The van der Waals surface area contributed by atoms with Crippen LogP contribution < -0.4 is 5.32 Å². The molecule has 1 atom stereocenters. The highest BCUT2D eigenvalue weighted by Crippen LogP contribution is 2.29. The monoisotopic (exact) mass is 295 g/mol. The average Bonchev–Trinajstić information content (AvgIpc) is 2.98. The van der Waals surface area contributed by atoms with E-state index in [2.05, 4.69) is 15.3 Å². The lowest BCUT2D eigenvalue weighted by molar-refractivity contribution is -0.142. The van der Waals surface area contributed by atoms with E-state index in [0.717, 1.165) is 5.76 Å². The lowest BCUT2D eigenvalue weighted by atomic mass is 9.90. The number of aryl methyl sites for hydroxylation is 1. The molecule has 1 unspecified atom stereocenters. The Morgan fingerprint density at radius 1 is 1.55 bits per heavy atom. The van der Waals surface area contributed by atoms with E-state index in [0.29, 0.717) is 16.7 Å². The van der Waals surface area contributed by atoms with Gasteiger partial charge in [-0.15, -0.1) is 11.3 Å². The van der Waals surface area contributed by atoms with Crippen LogP contribution in [0.2, 0.25) is 0 Å². The molecule has 0 aliphatic carbocycles. The lowest BCUT2D eigenvalue weighted by Gasteiger charge is -2.15. The topological polar surface area (TPSA) is 88.2 Å². The maximum absolute atomic E-state index is 11.2. The van der Waals surface area contributed by atoms with Crippen molar-refractivity contribution >= 4 is 22.4 Å². The number of oxazole rings is 1. The molecule has 6 nitrogen and oxygen atoms in total.